The SMILES string of the molecule is CCOc1cc([C@@H](CS(C)(=O)=O)N2Cc3cc(N4CCC(C5CCN(Cc6ccc(Oc7ccc8c(C9CCC(=O)NC9=O)nn(C)c8c7)cc6)CC5)CC4)ccc3C2=O)ccc1OC. The van der Waals surface area contributed by atoms with Crippen molar-refractivity contribution in [3.63, 3.8) is 0 Å². The molecule has 0 radical (unpaired) electrons. The molecule has 1 N–H and O–H groups in total. The maximum absolute atomic E-state index is 13.9. The minimum atomic E-state index is -3.43. The zero-order valence-corrected chi connectivity index (χ0v) is 38.4. The monoisotopic (exact) mass is 902 g/mol. The molecule has 9 rings (SSSR count). The van der Waals surface area contributed by atoms with Gasteiger partial charge < -0.3 is 24.0 Å². The summed E-state index contributed by atoms with van der Waals surface area (Å²) in [6.45, 7) is 7.64. The molecule has 4 aliphatic heterocycles. The summed E-state index contributed by atoms with van der Waals surface area (Å²) in [5.74, 6) is 2.57. The number of piperidine rings is 3. The van der Waals surface area contributed by atoms with E-state index >= 15 is 0 Å². The number of fused-ring (bicyclic) bond motifs is 2. The van der Waals surface area contributed by atoms with E-state index in [1.54, 1.807) is 28.8 Å². The number of carbonyl (C=O) groups excluding carboxylic acids is 3. The molecule has 2 atom stereocenters. The van der Waals surface area contributed by atoms with Crippen LogP contribution in [0.25, 0.3) is 10.9 Å². The molecule has 0 spiro atoms. The number of sulfone groups is 1. The van der Waals surface area contributed by atoms with Gasteiger partial charge in [-0.2, -0.15) is 5.10 Å². The molecule has 0 saturated carbocycles. The van der Waals surface area contributed by atoms with Crippen LogP contribution in [-0.2, 0) is 39.6 Å². The van der Waals surface area contributed by atoms with Crippen molar-refractivity contribution in [2.24, 2.45) is 18.9 Å². The van der Waals surface area contributed by atoms with Gasteiger partial charge in [0.05, 0.1) is 42.6 Å². The number of nitrogens with zero attached hydrogens (tertiary/aromatic N) is 5. The maximum atomic E-state index is 13.9. The second kappa shape index (κ2) is 18.5. The number of ether oxygens (including phenoxy) is 3. The number of methoxy groups -OCH3 is 1. The van der Waals surface area contributed by atoms with Crippen LogP contribution < -0.4 is 24.4 Å². The predicted molar refractivity (Wildman–Crippen MR) is 248 cm³/mol. The van der Waals surface area contributed by atoms with E-state index in [-0.39, 0.29) is 23.5 Å². The highest BCUT2D eigenvalue weighted by Crippen LogP contribution is 2.40. The van der Waals surface area contributed by atoms with Crippen LogP contribution in [0.2, 0.25) is 0 Å². The summed E-state index contributed by atoms with van der Waals surface area (Å²) >= 11 is 0. The second-order valence-electron chi connectivity index (χ2n) is 18.1. The van der Waals surface area contributed by atoms with Crippen molar-refractivity contribution in [3.8, 4) is 23.0 Å². The molecule has 1 unspecified atom stereocenters. The van der Waals surface area contributed by atoms with E-state index in [0.29, 0.717) is 71.9 Å². The van der Waals surface area contributed by atoms with Gasteiger partial charge in [-0.15, -0.1) is 0 Å². The molecule has 3 amide bonds. The summed E-state index contributed by atoms with van der Waals surface area (Å²) in [5, 5.41) is 7.96. The molecular weight excluding hydrogens is 845 g/mol. The lowest BCUT2D eigenvalue weighted by Crippen LogP contribution is -2.40. The average molecular weight is 903 g/mol. The Morgan fingerprint density at radius 1 is 0.831 bits per heavy atom. The molecule has 1 aromatic heterocycles. The van der Waals surface area contributed by atoms with Gasteiger partial charge in [-0.3, -0.25) is 29.3 Å². The topological polar surface area (TPSA) is 153 Å². The van der Waals surface area contributed by atoms with E-state index in [2.05, 4.69) is 38.4 Å². The summed E-state index contributed by atoms with van der Waals surface area (Å²) in [6.07, 6.45) is 6.63. The molecule has 4 aromatic carbocycles. The Bertz CT molecular complexity index is 2700. The van der Waals surface area contributed by atoms with Gasteiger partial charge in [0.2, 0.25) is 11.8 Å². The highest BCUT2D eigenvalue weighted by molar-refractivity contribution is 7.90. The van der Waals surface area contributed by atoms with Crippen LogP contribution in [0.4, 0.5) is 5.69 Å². The van der Waals surface area contributed by atoms with Gasteiger partial charge in [-0.05, 0) is 135 Å². The molecule has 5 aromatic rings. The second-order valence-corrected chi connectivity index (χ2v) is 20.3. The molecule has 3 fully saturated rings. The fourth-order valence-electron chi connectivity index (χ4n) is 10.4. The number of benzene rings is 4. The number of anilines is 1. The van der Waals surface area contributed by atoms with Gasteiger partial charge in [-0.1, -0.05) is 18.2 Å². The Morgan fingerprint density at radius 2 is 1.55 bits per heavy atom. The number of likely N-dealkylation sites (tertiary alicyclic amines) is 1. The number of imide groups is 1. The largest absolute Gasteiger partial charge is 0.493 e. The maximum Gasteiger partial charge on any atom is 0.255 e. The summed E-state index contributed by atoms with van der Waals surface area (Å²) in [5.41, 5.74) is 6.15. The van der Waals surface area contributed by atoms with Crippen LogP contribution in [0.15, 0.2) is 78.9 Å². The third-order valence-corrected chi connectivity index (χ3v) is 14.7. The lowest BCUT2D eigenvalue weighted by atomic mass is 9.78. The van der Waals surface area contributed by atoms with E-state index in [1.807, 2.05) is 62.5 Å². The van der Waals surface area contributed by atoms with Crippen molar-refractivity contribution in [1.29, 1.82) is 0 Å². The van der Waals surface area contributed by atoms with Gasteiger partial charge in [-0.25, -0.2) is 8.42 Å². The summed E-state index contributed by atoms with van der Waals surface area (Å²) in [4.78, 5) is 44.8. The standard InChI is InChI=1S/C50H58N6O8S/c1-5-63-46-27-35(8-16-45(46)62-3)44(31-65(4,60)61)56-30-36-26-37(9-13-40(36)50(56)59)55-24-20-34(21-25-55)33-18-22-54(23-19-33)29-32-6-10-38(11-7-32)64-39-12-14-41-43(28-39)53(2)52-48(41)42-15-17-47(57)51-49(42)58/h6-14,16,26-28,33-34,42,44H,5,15,17-25,29-31H2,1-4H3,(H,51,57,58)/t42?,44-/m1/s1. The summed E-state index contributed by atoms with van der Waals surface area (Å²) < 4.78 is 44.6. The van der Waals surface area contributed by atoms with Gasteiger partial charge in [0.15, 0.2) is 11.5 Å². The molecule has 342 valence electrons. The quantitative estimate of drug-likeness (QED) is 0.113. The molecule has 14 nitrogen and oxygen atoms in total. The zero-order valence-electron chi connectivity index (χ0n) is 37.6. The molecule has 5 heterocycles. The predicted octanol–water partition coefficient (Wildman–Crippen LogP) is 7.16. The van der Waals surface area contributed by atoms with Crippen LogP contribution in [0.1, 0.15) is 90.2 Å². The van der Waals surface area contributed by atoms with Crippen LogP contribution in [0.3, 0.4) is 0 Å². The average Bonchev–Trinajstić information content (AvgIpc) is 3.80. The summed E-state index contributed by atoms with van der Waals surface area (Å²) in [6, 6.07) is 24.9. The number of aromatic nitrogens is 2. The Labute approximate surface area is 380 Å². The molecular formula is C50H58N6O8S. The lowest BCUT2D eigenvalue weighted by molar-refractivity contribution is -0.134. The van der Waals surface area contributed by atoms with E-state index in [9.17, 15) is 22.8 Å². The van der Waals surface area contributed by atoms with Crippen molar-refractivity contribution in [1.82, 2.24) is 24.9 Å². The van der Waals surface area contributed by atoms with Crippen molar-refractivity contribution in [2.75, 3.05) is 56.8 Å². The highest BCUT2D eigenvalue weighted by Gasteiger charge is 2.37. The van der Waals surface area contributed by atoms with Crippen molar-refractivity contribution in [3.05, 3.63) is 107 Å². The van der Waals surface area contributed by atoms with Crippen LogP contribution in [0, 0.1) is 11.8 Å². The minimum Gasteiger partial charge on any atom is -0.493 e. The number of nitrogens with one attached hydrogen (secondary N) is 1. The Hall–Kier alpha value is -5.93. The Kier molecular flexibility index (Phi) is 12.6. The normalized spacial score (nSPS) is 19.4. The van der Waals surface area contributed by atoms with Crippen LogP contribution in [0.5, 0.6) is 23.0 Å². The van der Waals surface area contributed by atoms with Gasteiger partial charge in [0.1, 0.15) is 21.3 Å². The molecule has 15 heteroatoms. The Morgan fingerprint density at radius 3 is 2.25 bits per heavy atom. The van der Waals surface area contributed by atoms with Crippen molar-refractivity contribution >= 4 is 44.1 Å². The fraction of sp³-hybridized carbons (Fsp3) is 0.440. The third-order valence-electron chi connectivity index (χ3n) is 13.8. The van der Waals surface area contributed by atoms with Crippen LogP contribution in [-0.4, -0.2) is 97.6 Å². The third kappa shape index (κ3) is 9.58. The first-order valence-electron chi connectivity index (χ1n) is 22.8. The number of hydrogen-bond acceptors (Lipinski definition) is 11. The smallest absolute Gasteiger partial charge is 0.255 e. The van der Waals surface area contributed by atoms with Crippen molar-refractivity contribution in [2.45, 2.75) is 70.5 Å². The zero-order chi connectivity index (χ0) is 45.4. The minimum absolute atomic E-state index is 0.161. The summed E-state index contributed by atoms with van der Waals surface area (Å²) in [7, 11) is -0.0165. The number of carbonyl (C=O) groups is 3. The molecule has 0 aliphatic carbocycles. The molecule has 65 heavy (non-hydrogen) atoms. The first-order valence-corrected chi connectivity index (χ1v) is 24.9. The number of amides is 3. The molecule has 3 saturated heterocycles. The molecule has 4 aliphatic rings. The Balaban J connectivity index is 0.757. The van der Waals surface area contributed by atoms with E-state index in [0.717, 1.165) is 73.5 Å². The van der Waals surface area contributed by atoms with E-state index in [1.165, 1.54) is 24.7 Å². The van der Waals surface area contributed by atoms with Crippen LogP contribution >= 0.6 is 0 Å². The fourth-order valence-corrected chi connectivity index (χ4v) is 11.4. The highest BCUT2D eigenvalue weighted by atomic mass is 32.2. The number of aryl methyl sites for hydroxylation is 1. The van der Waals surface area contributed by atoms with E-state index in [4.69, 9.17) is 14.2 Å². The van der Waals surface area contributed by atoms with E-state index < -0.39 is 21.8 Å². The van der Waals surface area contributed by atoms with Gasteiger partial charge in [0, 0.05) is 68.6 Å². The van der Waals surface area contributed by atoms with Gasteiger partial charge >= 0.3 is 0 Å². The first kappa shape index (κ1) is 44.3. The van der Waals surface area contributed by atoms with Crippen molar-refractivity contribution < 1.29 is 37.0 Å². The van der Waals surface area contributed by atoms with Gasteiger partial charge in [0.25, 0.3) is 5.91 Å². The first-order chi connectivity index (χ1) is 31.3. The molecule has 0 bridgehead atoms. The lowest BCUT2D eigenvalue weighted by Gasteiger charge is -2.41. The number of hydrogen-bond donors (Lipinski definition) is 1. The number of rotatable bonds is 14.